The Morgan fingerprint density at radius 3 is 2.00 bits per heavy atom. The van der Waals surface area contributed by atoms with Crippen LogP contribution in [0.1, 0.15) is 6.92 Å². The Morgan fingerprint density at radius 1 is 1.43 bits per heavy atom. The number of halogens is 1. The maximum absolute atomic E-state index is 9.49. The third kappa shape index (κ3) is 6.57. The molecule has 0 radical (unpaired) electrons. The molecule has 0 amide bonds. The minimum atomic E-state index is -1.19. The smallest absolute Gasteiger partial charge is 0.0666 e. The van der Waals surface area contributed by atoms with Crippen molar-refractivity contribution in [2.75, 3.05) is 0 Å². The molecule has 0 aliphatic rings. The molecule has 0 saturated heterocycles. The van der Waals surface area contributed by atoms with Gasteiger partial charge in [-0.05, 0) is 36.8 Å². The molecule has 1 aromatic rings. The number of carboxylic acid groups (broad SMARTS) is 1. The second-order valence-corrected chi connectivity index (χ2v) is 3.50. The van der Waals surface area contributed by atoms with E-state index in [1.165, 1.54) is 6.92 Å². The lowest BCUT2D eigenvalue weighted by Gasteiger charge is -1.93. The van der Waals surface area contributed by atoms with E-state index in [4.69, 9.17) is 11.6 Å². The van der Waals surface area contributed by atoms with Gasteiger partial charge in [0, 0.05) is 9.92 Å². The van der Waals surface area contributed by atoms with Crippen LogP contribution >= 0.6 is 24.2 Å². The largest absolute Gasteiger partial charge is 0.545 e. The van der Waals surface area contributed by atoms with Gasteiger partial charge < -0.3 is 9.90 Å². The Bertz CT molecular complexity index is 286. The molecular weight excluding hydrogens is 220 g/mol. The summed E-state index contributed by atoms with van der Waals surface area (Å²) in [5.41, 5.74) is 0.0648. The number of carboxylic acids is 1. The van der Waals surface area contributed by atoms with Crippen molar-refractivity contribution >= 4 is 30.2 Å². The molecule has 0 saturated carbocycles. The quantitative estimate of drug-likeness (QED) is 0.591. The van der Waals surface area contributed by atoms with Crippen molar-refractivity contribution in [3.8, 4) is 0 Å². The predicted molar refractivity (Wildman–Crippen MR) is 58.5 cm³/mol. The number of hydrogen-bond donors (Lipinski definition) is 1. The van der Waals surface area contributed by atoms with Crippen LogP contribution in [0.2, 0.25) is 5.02 Å². The lowest BCUT2D eigenvalue weighted by Crippen LogP contribution is -2.22. The second-order valence-electron chi connectivity index (χ2n) is 2.54. The fraction of sp³-hybridized carbons (Fsp3) is 0.100. The molecule has 0 aromatic heterocycles. The molecule has 1 rings (SSSR count). The summed E-state index contributed by atoms with van der Waals surface area (Å²) >= 11 is 9.65. The summed E-state index contributed by atoms with van der Waals surface area (Å²) in [7, 11) is 0. The molecule has 0 atom stereocenters. The fourth-order valence-electron chi connectivity index (χ4n) is 0.441. The van der Waals surface area contributed by atoms with Gasteiger partial charge in [-0.25, -0.2) is 0 Å². The van der Waals surface area contributed by atoms with Crippen molar-refractivity contribution in [1.82, 2.24) is 0 Å². The van der Waals surface area contributed by atoms with E-state index >= 15 is 0 Å². The second kappa shape index (κ2) is 6.51. The summed E-state index contributed by atoms with van der Waals surface area (Å²) in [6.45, 7) is 4.48. The highest BCUT2D eigenvalue weighted by Crippen LogP contribution is 2.11. The maximum Gasteiger partial charge on any atom is 0.0666 e. The van der Waals surface area contributed by atoms with Crippen molar-refractivity contribution in [1.29, 1.82) is 0 Å². The lowest BCUT2D eigenvalue weighted by molar-refractivity contribution is -0.299. The van der Waals surface area contributed by atoms with Crippen molar-refractivity contribution in [3.63, 3.8) is 0 Å². The molecule has 0 N–H and O–H groups in total. The zero-order valence-electron chi connectivity index (χ0n) is 7.66. The number of carbonyl (C=O) groups excluding carboxylic acids is 1. The van der Waals surface area contributed by atoms with E-state index in [-0.39, 0.29) is 5.57 Å². The van der Waals surface area contributed by atoms with Gasteiger partial charge >= 0.3 is 0 Å². The first-order valence-electron chi connectivity index (χ1n) is 3.75. The molecule has 0 aliphatic carbocycles. The highest BCUT2D eigenvalue weighted by Gasteiger charge is 1.82. The van der Waals surface area contributed by atoms with Gasteiger partial charge in [-0.3, -0.25) is 0 Å². The van der Waals surface area contributed by atoms with Crippen LogP contribution in [-0.2, 0) is 4.79 Å². The number of rotatable bonds is 1. The molecule has 76 valence electrons. The minimum absolute atomic E-state index is 0.0648. The third-order valence-electron chi connectivity index (χ3n) is 1.18. The van der Waals surface area contributed by atoms with Crippen LogP contribution < -0.4 is 5.11 Å². The summed E-state index contributed by atoms with van der Waals surface area (Å²) in [5.74, 6) is -1.19. The zero-order chi connectivity index (χ0) is 11.1. The zero-order valence-corrected chi connectivity index (χ0v) is 9.31. The molecule has 0 unspecified atom stereocenters. The Balaban J connectivity index is 0.000000255. The van der Waals surface area contributed by atoms with Crippen LogP contribution in [0.4, 0.5) is 0 Å². The van der Waals surface area contributed by atoms with Crippen LogP contribution in [0.5, 0.6) is 0 Å². The maximum atomic E-state index is 9.49. The van der Waals surface area contributed by atoms with E-state index in [1.807, 2.05) is 24.3 Å². The van der Waals surface area contributed by atoms with Gasteiger partial charge in [-0.15, -0.1) is 12.6 Å². The summed E-state index contributed by atoms with van der Waals surface area (Å²) in [6.07, 6.45) is 0. The number of aliphatic carboxylic acids is 1. The highest BCUT2D eigenvalue weighted by molar-refractivity contribution is 7.80. The summed E-state index contributed by atoms with van der Waals surface area (Å²) in [6, 6.07) is 7.32. The number of hydrogen-bond acceptors (Lipinski definition) is 3. The van der Waals surface area contributed by atoms with E-state index in [0.717, 1.165) is 9.92 Å². The van der Waals surface area contributed by atoms with Crippen molar-refractivity contribution in [2.45, 2.75) is 11.8 Å². The minimum Gasteiger partial charge on any atom is -0.545 e. The van der Waals surface area contributed by atoms with Gasteiger partial charge in [0.1, 0.15) is 0 Å². The first-order chi connectivity index (χ1) is 6.43. The number of carbonyl (C=O) groups is 1. The van der Waals surface area contributed by atoms with Crippen LogP contribution in [-0.4, -0.2) is 5.97 Å². The molecule has 4 heteroatoms. The average molecular weight is 230 g/mol. The lowest BCUT2D eigenvalue weighted by atomic mass is 10.4. The van der Waals surface area contributed by atoms with E-state index in [2.05, 4.69) is 19.2 Å². The van der Waals surface area contributed by atoms with Crippen LogP contribution in [0.25, 0.3) is 0 Å². The SMILES string of the molecule is C=C(C)C(=O)[O-].Sc1ccc(Cl)cc1. The highest BCUT2D eigenvalue weighted by atomic mass is 35.5. The van der Waals surface area contributed by atoms with Gasteiger partial charge in [-0.1, -0.05) is 18.2 Å². The molecular formula is C10H10ClO2S-. The summed E-state index contributed by atoms with van der Waals surface area (Å²) < 4.78 is 0. The Labute approximate surface area is 93.6 Å². The molecule has 0 heterocycles. The number of thiol groups is 1. The van der Waals surface area contributed by atoms with Gasteiger partial charge in [-0.2, -0.15) is 0 Å². The Kier molecular flexibility index (Phi) is 6.08. The molecule has 0 fully saturated rings. The van der Waals surface area contributed by atoms with Gasteiger partial charge in [0.2, 0.25) is 0 Å². The number of benzene rings is 1. The van der Waals surface area contributed by atoms with E-state index in [0.29, 0.717) is 0 Å². The van der Waals surface area contributed by atoms with Crippen LogP contribution in [0.3, 0.4) is 0 Å². The molecule has 14 heavy (non-hydrogen) atoms. The average Bonchev–Trinajstić information content (AvgIpc) is 2.11. The molecule has 0 spiro atoms. The fourth-order valence-corrected chi connectivity index (χ4v) is 0.716. The normalized spacial score (nSPS) is 8.50. The van der Waals surface area contributed by atoms with Gasteiger partial charge in [0.05, 0.1) is 5.97 Å². The molecule has 0 bridgehead atoms. The first kappa shape index (κ1) is 13.1. The van der Waals surface area contributed by atoms with E-state index in [9.17, 15) is 9.90 Å². The first-order valence-corrected chi connectivity index (χ1v) is 4.57. The van der Waals surface area contributed by atoms with Crippen LogP contribution in [0.15, 0.2) is 41.3 Å². The van der Waals surface area contributed by atoms with Gasteiger partial charge in [0.15, 0.2) is 0 Å². The van der Waals surface area contributed by atoms with Crippen molar-refractivity contribution in [3.05, 3.63) is 41.4 Å². The molecule has 2 nitrogen and oxygen atoms in total. The summed E-state index contributed by atoms with van der Waals surface area (Å²) in [4.78, 5) is 10.4. The Morgan fingerprint density at radius 2 is 1.79 bits per heavy atom. The van der Waals surface area contributed by atoms with Crippen molar-refractivity contribution < 1.29 is 9.90 Å². The van der Waals surface area contributed by atoms with E-state index < -0.39 is 5.97 Å². The Hall–Kier alpha value is -0.930. The van der Waals surface area contributed by atoms with E-state index in [1.54, 1.807) is 0 Å². The topological polar surface area (TPSA) is 40.1 Å². The third-order valence-corrected chi connectivity index (χ3v) is 1.73. The van der Waals surface area contributed by atoms with Gasteiger partial charge in [0.25, 0.3) is 0 Å². The standard InChI is InChI=1S/C6H5ClS.C4H6O2/c7-5-1-3-6(8)4-2-5;1-3(2)4(5)6/h1-4,8H;1H2,2H3,(H,5,6)/p-1. The predicted octanol–water partition coefficient (Wildman–Crippen LogP) is 1.94. The molecule has 1 aromatic carbocycles. The van der Waals surface area contributed by atoms with Crippen LogP contribution in [0, 0.1) is 0 Å². The van der Waals surface area contributed by atoms with Crippen molar-refractivity contribution in [2.24, 2.45) is 0 Å². The molecule has 0 aliphatic heterocycles. The summed E-state index contributed by atoms with van der Waals surface area (Å²) in [5, 5.41) is 10.2. The monoisotopic (exact) mass is 229 g/mol.